The van der Waals surface area contributed by atoms with Crippen LogP contribution in [0.4, 0.5) is 0 Å². The molecule has 0 bridgehead atoms. The highest BCUT2D eigenvalue weighted by molar-refractivity contribution is 7.98. The summed E-state index contributed by atoms with van der Waals surface area (Å²) >= 11 is 3.18. The molecular weight excluding hydrogens is 314 g/mol. The van der Waals surface area contributed by atoms with Crippen LogP contribution in [0.25, 0.3) is 10.6 Å². The second-order valence-electron chi connectivity index (χ2n) is 5.92. The van der Waals surface area contributed by atoms with Gasteiger partial charge in [0, 0.05) is 22.1 Å². The molecule has 0 fully saturated rings. The molecule has 0 aliphatic carbocycles. The smallest absolute Gasteiger partial charge is 0.276 e. The maximum absolute atomic E-state index is 5.68. The number of hydrogen-bond acceptors (Lipinski definition) is 6. The number of nitrogens with zero attached hydrogens (tertiary/aromatic N) is 3. The molecule has 1 aromatic carbocycles. The molecule has 114 valence electrons. The molecule has 0 spiro atoms. The van der Waals surface area contributed by atoms with Gasteiger partial charge >= 0.3 is 0 Å². The van der Waals surface area contributed by atoms with Gasteiger partial charge in [0.2, 0.25) is 5.89 Å². The number of thiazole rings is 1. The Morgan fingerprint density at radius 3 is 2.59 bits per heavy atom. The quantitative estimate of drug-likeness (QED) is 0.644. The van der Waals surface area contributed by atoms with Crippen molar-refractivity contribution in [3.05, 3.63) is 47.3 Å². The highest BCUT2D eigenvalue weighted by Crippen LogP contribution is 2.29. The Morgan fingerprint density at radius 2 is 1.91 bits per heavy atom. The monoisotopic (exact) mass is 331 g/mol. The van der Waals surface area contributed by atoms with E-state index in [1.54, 1.807) is 11.3 Å². The Labute approximate surface area is 138 Å². The first-order valence-electron chi connectivity index (χ1n) is 6.99. The first-order chi connectivity index (χ1) is 10.5. The van der Waals surface area contributed by atoms with Crippen molar-refractivity contribution >= 4 is 23.1 Å². The van der Waals surface area contributed by atoms with Crippen molar-refractivity contribution in [2.24, 2.45) is 0 Å². The van der Waals surface area contributed by atoms with Gasteiger partial charge in [0.1, 0.15) is 5.01 Å². The van der Waals surface area contributed by atoms with Gasteiger partial charge in [-0.2, -0.15) is 0 Å². The third-order valence-corrected chi connectivity index (χ3v) is 4.76. The molecule has 0 N–H and O–H groups in total. The summed E-state index contributed by atoms with van der Waals surface area (Å²) < 4.78 is 5.68. The van der Waals surface area contributed by atoms with Crippen molar-refractivity contribution in [1.82, 2.24) is 15.2 Å². The Balaban J connectivity index is 1.65. The summed E-state index contributed by atoms with van der Waals surface area (Å²) in [4.78, 5) is 4.66. The van der Waals surface area contributed by atoms with Gasteiger partial charge in [0.05, 0.1) is 5.69 Å². The van der Waals surface area contributed by atoms with E-state index in [1.165, 1.54) is 11.8 Å². The molecule has 0 amide bonds. The molecule has 22 heavy (non-hydrogen) atoms. The van der Waals surface area contributed by atoms with Crippen molar-refractivity contribution < 1.29 is 4.42 Å². The van der Waals surface area contributed by atoms with Crippen LogP contribution in [0.2, 0.25) is 0 Å². The predicted octanol–water partition coefficient (Wildman–Crippen LogP) is 4.78. The van der Waals surface area contributed by atoms with Gasteiger partial charge in [-0.15, -0.1) is 21.5 Å². The van der Waals surface area contributed by atoms with Crippen LogP contribution in [0.15, 0.2) is 45.4 Å². The SMILES string of the molecule is CC(C)(C)c1nnc(SCc2csc(-c3ccccc3)n2)o1. The second kappa shape index (κ2) is 6.22. The van der Waals surface area contributed by atoms with Gasteiger partial charge in [-0.05, 0) is 0 Å². The number of thioether (sulfide) groups is 1. The van der Waals surface area contributed by atoms with E-state index in [0.717, 1.165) is 22.0 Å². The Hall–Kier alpha value is -1.66. The van der Waals surface area contributed by atoms with Gasteiger partial charge in [0.15, 0.2) is 0 Å². The maximum atomic E-state index is 5.68. The van der Waals surface area contributed by atoms with Crippen LogP contribution >= 0.6 is 23.1 Å². The van der Waals surface area contributed by atoms with Crippen LogP contribution in [-0.4, -0.2) is 15.2 Å². The van der Waals surface area contributed by atoms with Crippen molar-refractivity contribution in [2.75, 3.05) is 0 Å². The summed E-state index contributed by atoms with van der Waals surface area (Å²) in [6, 6.07) is 10.2. The minimum absolute atomic E-state index is 0.118. The Bertz CT molecular complexity index is 744. The van der Waals surface area contributed by atoms with Crippen LogP contribution in [0.3, 0.4) is 0 Å². The lowest BCUT2D eigenvalue weighted by Crippen LogP contribution is -2.11. The van der Waals surface area contributed by atoms with E-state index in [1.807, 2.05) is 18.2 Å². The first-order valence-corrected chi connectivity index (χ1v) is 8.85. The number of rotatable bonds is 4. The number of benzene rings is 1. The van der Waals surface area contributed by atoms with Gasteiger partial charge in [-0.1, -0.05) is 62.9 Å². The standard InChI is InChI=1S/C16H17N3OS2/c1-16(2,3)14-18-19-15(20-14)22-10-12-9-21-13(17-12)11-7-5-4-6-8-11/h4-9H,10H2,1-3H3. The van der Waals surface area contributed by atoms with Gasteiger partial charge in [-0.3, -0.25) is 0 Å². The molecule has 0 atom stereocenters. The highest BCUT2D eigenvalue weighted by atomic mass is 32.2. The molecule has 0 unspecified atom stereocenters. The molecule has 6 heteroatoms. The van der Waals surface area contributed by atoms with Gasteiger partial charge in [0.25, 0.3) is 5.22 Å². The van der Waals surface area contributed by atoms with E-state index in [-0.39, 0.29) is 5.41 Å². The molecule has 0 saturated heterocycles. The molecule has 3 aromatic rings. The average Bonchev–Trinajstić information content (AvgIpc) is 3.15. The minimum atomic E-state index is -0.118. The van der Waals surface area contributed by atoms with E-state index in [4.69, 9.17) is 4.42 Å². The van der Waals surface area contributed by atoms with Gasteiger partial charge < -0.3 is 4.42 Å². The molecule has 0 saturated carbocycles. The van der Waals surface area contributed by atoms with Crippen LogP contribution in [-0.2, 0) is 11.2 Å². The number of aromatic nitrogens is 3. The molecule has 0 aliphatic rings. The molecule has 2 aromatic heterocycles. The summed E-state index contributed by atoms with van der Waals surface area (Å²) in [7, 11) is 0. The molecular formula is C16H17N3OS2. The fourth-order valence-corrected chi connectivity index (χ4v) is 3.38. The van der Waals surface area contributed by atoms with Crippen molar-refractivity contribution in [2.45, 2.75) is 37.2 Å². The summed E-state index contributed by atoms with van der Waals surface area (Å²) in [6.07, 6.45) is 0. The van der Waals surface area contributed by atoms with E-state index in [0.29, 0.717) is 11.1 Å². The van der Waals surface area contributed by atoms with E-state index in [2.05, 4.69) is 53.5 Å². The average molecular weight is 331 g/mol. The van der Waals surface area contributed by atoms with Crippen molar-refractivity contribution in [3.63, 3.8) is 0 Å². The molecule has 0 aliphatic heterocycles. The summed E-state index contributed by atoms with van der Waals surface area (Å²) in [5.74, 6) is 1.40. The van der Waals surface area contributed by atoms with Crippen LogP contribution in [0, 0.1) is 0 Å². The van der Waals surface area contributed by atoms with E-state index in [9.17, 15) is 0 Å². The second-order valence-corrected chi connectivity index (χ2v) is 7.71. The zero-order chi connectivity index (χ0) is 15.6. The lowest BCUT2D eigenvalue weighted by molar-refractivity contribution is 0.347. The Kier molecular flexibility index (Phi) is 4.31. The Morgan fingerprint density at radius 1 is 1.14 bits per heavy atom. The summed E-state index contributed by atoms with van der Waals surface area (Å²) in [6.45, 7) is 6.17. The lowest BCUT2D eigenvalue weighted by Gasteiger charge is -2.10. The van der Waals surface area contributed by atoms with Crippen LogP contribution < -0.4 is 0 Å². The third kappa shape index (κ3) is 3.56. The largest absolute Gasteiger partial charge is 0.415 e. The fourth-order valence-electron chi connectivity index (χ4n) is 1.79. The summed E-state index contributed by atoms with van der Waals surface area (Å²) in [5.41, 5.74) is 2.06. The topological polar surface area (TPSA) is 51.8 Å². The maximum Gasteiger partial charge on any atom is 0.276 e. The molecule has 2 heterocycles. The fraction of sp³-hybridized carbons (Fsp3) is 0.312. The normalized spacial score (nSPS) is 11.8. The van der Waals surface area contributed by atoms with Crippen LogP contribution in [0.1, 0.15) is 32.4 Å². The van der Waals surface area contributed by atoms with Crippen LogP contribution in [0.5, 0.6) is 0 Å². The van der Waals surface area contributed by atoms with Gasteiger partial charge in [-0.25, -0.2) is 4.98 Å². The highest BCUT2D eigenvalue weighted by Gasteiger charge is 2.21. The van der Waals surface area contributed by atoms with Crippen molar-refractivity contribution in [1.29, 1.82) is 0 Å². The lowest BCUT2D eigenvalue weighted by atomic mass is 9.97. The third-order valence-electron chi connectivity index (χ3n) is 2.96. The summed E-state index contributed by atoms with van der Waals surface area (Å²) in [5, 5.41) is 11.9. The van der Waals surface area contributed by atoms with E-state index < -0.39 is 0 Å². The van der Waals surface area contributed by atoms with E-state index >= 15 is 0 Å². The zero-order valence-corrected chi connectivity index (χ0v) is 14.4. The molecule has 4 nitrogen and oxygen atoms in total. The molecule has 0 radical (unpaired) electrons. The minimum Gasteiger partial charge on any atom is -0.415 e. The number of hydrogen-bond donors (Lipinski definition) is 0. The van der Waals surface area contributed by atoms with Crippen molar-refractivity contribution in [3.8, 4) is 10.6 Å². The predicted molar refractivity (Wildman–Crippen MR) is 90.1 cm³/mol. The zero-order valence-electron chi connectivity index (χ0n) is 12.7. The molecule has 3 rings (SSSR count). The first kappa shape index (κ1) is 15.2.